The van der Waals surface area contributed by atoms with E-state index < -0.39 is 0 Å². The minimum absolute atomic E-state index is 0.0215. The SMILES string of the molecule is O=C(CCC1CCCCN1)Nc1ccccc1CO. The highest BCUT2D eigenvalue weighted by Crippen LogP contribution is 2.16. The van der Waals surface area contributed by atoms with Crippen molar-refractivity contribution in [2.24, 2.45) is 0 Å². The van der Waals surface area contributed by atoms with Crippen molar-refractivity contribution in [3.63, 3.8) is 0 Å². The van der Waals surface area contributed by atoms with Crippen molar-refractivity contribution in [3.05, 3.63) is 29.8 Å². The molecule has 0 aliphatic carbocycles. The lowest BCUT2D eigenvalue weighted by Gasteiger charge is -2.23. The summed E-state index contributed by atoms with van der Waals surface area (Å²) in [7, 11) is 0. The third kappa shape index (κ3) is 4.33. The Labute approximate surface area is 114 Å². The smallest absolute Gasteiger partial charge is 0.224 e. The molecular formula is C15H22N2O2. The molecule has 104 valence electrons. The van der Waals surface area contributed by atoms with E-state index in [0.717, 1.165) is 18.5 Å². The first-order chi connectivity index (χ1) is 9.29. The second-order valence-corrected chi connectivity index (χ2v) is 5.05. The Morgan fingerprint density at radius 3 is 2.95 bits per heavy atom. The summed E-state index contributed by atoms with van der Waals surface area (Å²) in [5, 5.41) is 15.5. The van der Waals surface area contributed by atoms with Crippen LogP contribution in [0.15, 0.2) is 24.3 Å². The molecule has 0 radical (unpaired) electrons. The van der Waals surface area contributed by atoms with Crippen LogP contribution in [0.2, 0.25) is 0 Å². The van der Waals surface area contributed by atoms with Crippen molar-refractivity contribution >= 4 is 11.6 Å². The molecule has 1 aliphatic heterocycles. The van der Waals surface area contributed by atoms with Gasteiger partial charge in [-0.25, -0.2) is 0 Å². The molecule has 0 bridgehead atoms. The Morgan fingerprint density at radius 2 is 2.21 bits per heavy atom. The quantitative estimate of drug-likeness (QED) is 0.761. The molecule has 1 aliphatic rings. The lowest BCUT2D eigenvalue weighted by molar-refractivity contribution is -0.116. The van der Waals surface area contributed by atoms with Gasteiger partial charge in [0.2, 0.25) is 5.91 Å². The number of piperidine rings is 1. The van der Waals surface area contributed by atoms with Crippen molar-refractivity contribution in [1.82, 2.24) is 5.32 Å². The maximum Gasteiger partial charge on any atom is 0.224 e. The van der Waals surface area contributed by atoms with Crippen LogP contribution in [-0.2, 0) is 11.4 Å². The number of benzene rings is 1. The molecule has 1 aromatic carbocycles. The Hall–Kier alpha value is -1.39. The van der Waals surface area contributed by atoms with Crippen LogP contribution in [0.4, 0.5) is 5.69 Å². The number of anilines is 1. The first-order valence-corrected chi connectivity index (χ1v) is 7.01. The van der Waals surface area contributed by atoms with Gasteiger partial charge in [-0.15, -0.1) is 0 Å². The summed E-state index contributed by atoms with van der Waals surface area (Å²) in [4.78, 5) is 11.9. The average molecular weight is 262 g/mol. The number of aliphatic hydroxyl groups excluding tert-OH is 1. The van der Waals surface area contributed by atoms with E-state index in [9.17, 15) is 9.90 Å². The zero-order chi connectivity index (χ0) is 13.5. The maximum atomic E-state index is 11.9. The number of aliphatic hydroxyl groups is 1. The second kappa shape index (κ2) is 7.26. The predicted octanol–water partition coefficient (Wildman–Crippen LogP) is 2.04. The third-order valence-electron chi connectivity index (χ3n) is 3.59. The van der Waals surface area contributed by atoms with E-state index in [-0.39, 0.29) is 12.5 Å². The van der Waals surface area contributed by atoms with Gasteiger partial charge in [0.05, 0.1) is 6.61 Å². The Bertz CT molecular complexity index is 414. The zero-order valence-corrected chi connectivity index (χ0v) is 11.2. The molecule has 2 rings (SSSR count). The van der Waals surface area contributed by atoms with Gasteiger partial charge in [0.15, 0.2) is 0 Å². The van der Waals surface area contributed by atoms with Crippen molar-refractivity contribution in [2.45, 2.75) is 44.8 Å². The Balaban J connectivity index is 1.80. The van der Waals surface area contributed by atoms with Gasteiger partial charge in [-0.1, -0.05) is 24.6 Å². The number of nitrogens with one attached hydrogen (secondary N) is 2. The van der Waals surface area contributed by atoms with Gasteiger partial charge in [0, 0.05) is 23.7 Å². The summed E-state index contributed by atoms with van der Waals surface area (Å²) < 4.78 is 0. The van der Waals surface area contributed by atoms with Crippen molar-refractivity contribution in [2.75, 3.05) is 11.9 Å². The van der Waals surface area contributed by atoms with Gasteiger partial charge >= 0.3 is 0 Å². The van der Waals surface area contributed by atoms with E-state index in [0.29, 0.717) is 18.2 Å². The fraction of sp³-hybridized carbons (Fsp3) is 0.533. The number of carbonyl (C=O) groups is 1. The summed E-state index contributed by atoms with van der Waals surface area (Å²) in [6.45, 7) is 1.01. The molecule has 1 fully saturated rings. The number of para-hydroxylation sites is 1. The van der Waals surface area contributed by atoms with E-state index in [1.807, 2.05) is 24.3 Å². The van der Waals surface area contributed by atoms with Gasteiger partial charge < -0.3 is 15.7 Å². The Morgan fingerprint density at radius 1 is 1.37 bits per heavy atom. The highest BCUT2D eigenvalue weighted by Gasteiger charge is 2.14. The predicted molar refractivity (Wildman–Crippen MR) is 75.9 cm³/mol. The fourth-order valence-electron chi connectivity index (χ4n) is 2.47. The van der Waals surface area contributed by atoms with E-state index in [1.165, 1.54) is 19.3 Å². The number of hydrogen-bond donors (Lipinski definition) is 3. The average Bonchev–Trinajstić information content (AvgIpc) is 2.47. The molecule has 1 heterocycles. The normalized spacial score (nSPS) is 19.1. The molecule has 1 aromatic rings. The van der Waals surface area contributed by atoms with Gasteiger partial charge in [0.1, 0.15) is 0 Å². The monoisotopic (exact) mass is 262 g/mol. The van der Waals surface area contributed by atoms with Gasteiger partial charge in [-0.3, -0.25) is 4.79 Å². The molecule has 4 heteroatoms. The van der Waals surface area contributed by atoms with Crippen LogP contribution in [0.5, 0.6) is 0 Å². The minimum Gasteiger partial charge on any atom is -0.392 e. The molecule has 3 N–H and O–H groups in total. The topological polar surface area (TPSA) is 61.4 Å². The highest BCUT2D eigenvalue weighted by atomic mass is 16.3. The lowest BCUT2D eigenvalue weighted by atomic mass is 10.0. The van der Waals surface area contributed by atoms with Crippen molar-refractivity contribution in [3.8, 4) is 0 Å². The van der Waals surface area contributed by atoms with E-state index in [1.54, 1.807) is 0 Å². The molecular weight excluding hydrogens is 240 g/mol. The zero-order valence-electron chi connectivity index (χ0n) is 11.2. The van der Waals surface area contributed by atoms with Crippen molar-refractivity contribution in [1.29, 1.82) is 0 Å². The molecule has 0 spiro atoms. The largest absolute Gasteiger partial charge is 0.392 e. The summed E-state index contributed by atoms with van der Waals surface area (Å²) in [6.07, 6.45) is 5.07. The number of hydrogen-bond acceptors (Lipinski definition) is 3. The summed E-state index contributed by atoms with van der Waals surface area (Å²) in [6, 6.07) is 7.83. The van der Waals surface area contributed by atoms with Gasteiger partial charge in [-0.05, 0) is 31.9 Å². The van der Waals surface area contributed by atoms with E-state index >= 15 is 0 Å². The summed E-state index contributed by atoms with van der Waals surface area (Å²) in [5.41, 5.74) is 1.47. The van der Waals surface area contributed by atoms with Crippen LogP contribution in [0.25, 0.3) is 0 Å². The van der Waals surface area contributed by atoms with Crippen molar-refractivity contribution < 1.29 is 9.90 Å². The lowest BCUT2D eigenvalue weighted by Crippen LogP contribution is -2.34. The summed E-state index contributed by atoms with van der Waals surface area (Å²) in [5.74, 6) is 0.0215. The first kappa shape index (κ1) is 14.0. The molecule has 1 unspecified atom stereocenters. The number of rotatable bonds is 5. The molecule has 0 saturated carbocycles. The molecule has 1 saturated heterocycles. The Kier molecular flexibility index (Phi) is 5.36. The molecule has 1 amide bonds. The summed E-state index contributed by atoms with van der Waals surface area (Å²) >= 11 is 0. The second-order valence-electron chi connectivity index (χ2n) is 5.05. The number of carbonyl (C=O) groups excluding carboxylic acids is 1. The van der Waals surface area contributed by atoms with Crippen LogP contribution in [-0.4, -0.2) is 23.6 Å². The molecule has 0 aromatic heterocycles. The van der Waals surface area contributed by atoms with Gasteiger partial charge in [0.25, 0.3) is 0 Å². The molecule has 4 nitrogen and oxygen atoms in total. The molecule has 19 heavy (non-hydrogen) atoms. The minimum atomic E-state index is -0.0549. The van der Waals surface area contributed by atoms with E-state index in [4.69, 9.17) is 0 Å². The van der Waals surface area contributed by atoms with Crippen LogP contribution >= 0.6 is 0 Å². The maximum absolute atomic E-state index is 11.9. The fourth-order valence-corrected chi connectivity index (χ4v) is 2.47. The first-order valence-electron chi connectivity index (χ1n) is 7.01. The standard InChI is InChI=1S/C15H22N2O2/c18-11-12-5-1-2-7-14(12)17-15(19)9-8-13-6-3-4-10-16-13/h1-2,5,7,13,16,18H,3-4,6,8-11H2,(H,17,19). The van der Waals surface area contributed by atoms with E-state index in [2.05, 4.69) is 10.6 Å². The third-order valence-corrected chi connectivity index (χ3v) is 3.59. The van der Waals surface area contributed by atoms with Gasteiger partial charge in [-0.2, -0.15) is 0 Å². The van der Waals surface area contributed by atoms with Crippen LogP contribution in [0.3, 0.4) is 0 Å². The number of amides is 1. The molecule has 1 atom stereocenters. The van der Waals surface area contributed by atoms with Crippen LogP contribution in [0.1, 0.15) is 37.7 Å². The van der Waals surface area contributed by atoms with Crippen LogP contribution < -0.4 is 10.6 Å². The van der Waals surface area contributed by atoms with Crippen LogP contribution in [0, 0.1) is 0 Å². The highest BCUT2D eigenvalue weighted by molar-refractivity contribution is 5.91.